The number of Topliss-reactive ketones (excluding diaryl/α,β-unsaturated/α-hetero) is 1. The Balaban J connectivity index is 1.61. The lowest BCUT2D eigenvalue weighted by atomic mass is 9.31. The van der Waals surface area contributed by atoms with Crippen LogP contribution in [0.2, 0.25) is 0 Å². The monoisotopic (exact) mass is 440 g/mol. The van der Waals surface area contributed by atoms with Gasteiger partial charge >= 0.3 is 0 Å². The first-order valence-corrected chi connectivity index (χ1v) is 13.5. The number of carbonyl (C=O) groups is 1. The van der Waals surface area contributed by atoms with E-state index in [9.17, 15) is 9.90 Å². The summed E-state index contributed by atoms with van der Waals surface area (Å²) in [6.07, 6.45) is 14.0. The first-order valence-electron chi connectivity index (χ1n) is 13.5. The van der Waals surface area contributed by atoms with Crippen molar-refractivity contribution in [2.24, 2.45) is 56.2 Å². The number of rotatable bonds is 0. The third-order valence-electron chi connectivity index (χ3n) is 13.1. The molecule has 2 heteroatoms. The molecule has 0 spiro atoms. The van der Waals surface area contributed by atoms with E-state index >= 15 is 0 Å². The number of allylic oxidation sites excluding steroid dienone is 2. The predicted molar refractivity (Wildman–Crippen MR) is 131 cm³/mol. The van der Waals surface area contributed by atoms with Gasteiger partial charge in [-0.1, -0.05) is 67.5 Å². The SMILES string of the molecule is C[C@@H]1C(=O)C[C@@H](O)[C@@H]2[C@]1(C)C=C[C@H]1[C@@]2(C)CC[C@@]2(C)[C@@H]3CC(C)(C)CC[C@]3(C)CC[C@]12C. The molecule has 5 aliphatic carbocycles. The third-order valence-corrected chi connectivity index (χ3v) is 13.1. The van der Waals surface area contributed by atoms with Crippen molar-refractivity contribution in [1.29, 1.82) is 0 Å². The summed E-state index contributed by atoms with van der Waals surface area (Å²) >= 11 is 0. The molecule has 4 fully saturated rings. The molecule has 0 aromatic heterocycles. The Morgan fingerprint density at radius 1 is 0.875 bits per heavy atom. The van der Waals surface area contributed by atoms with Gasteiger partial charge in [0.25, 0.3) is 0 Å². The number of aliphatic hydroxyl groups is 1. The van der Waals surface area contributed by atoms with Gasteiger partial charge in [-0.25, -0.2) is 0 Å². The summed E-state index contributed by atoms with van der Waals surface area (Å²) in [6, 6.07) is 0. The number of hydrogen-bond acceptors (Lipinski definition) is 2. The van der Waals surface area contributed by atoms with Crippen LogP contribution >= 0.6 is 0 Å². The summed E-state index contributed by atoms with van der Waals surface area (Å²) in [4.78, 5) is 12.7. The van der Waals surface area contributed by atoms with Crippen molar-refractivity contribution in [2.45, 2.75) is 113 Å². The van der Waals surface area contributed by atoms with Crippen LogP contribution in [0, 0.1) is 56.2 Å². The van der Waals surface area contributed by atoms with E-state index in [1.165, 1.54) is 44.9 Å². The van der Waals surface area contributed by atoms with E-state index < -0.39 is 6.10 Å². The second-order valence-electron chi connectivity index (χ2n) is 15.1. The van der Waals surface area contributed by atoms with Gasteiger partial charge in [0.15, 0.2) is 0 Å². The van der Waals surface area contributed by atoms with Crippen LogP contribution in [0.4, 0.5) is 0 Å². The van der Waals surface area contributed by atoms with Crippen LogP contribution in [0.25, 0.3) is 0 Å². The van der Waals surface area contributed by atoms with Gasteiger partial charge in [0, 0.05) is 23.7 Å². The third kappa shape index (κ3) is 2.65. The van der Waals surface area contributed by atoms with Crippen LogP contribution in [0.1, 0.15) is 107 Å². The molecule has 0 aliphatic heterocycles. The van der Waals surface area contributed by atoms with Crippen molar-refractivity contribution in [2.75, 3.05) is 0 Å². The van der Waals surface area contributed by atoms with Crippen LogP contribution < -0.4 is 0 Å². The van der Waals surface area contributed by atoms with Gasteiger partial charge in [0.05, 0.1) is 6.10 Å². The number of aliphatic hydroxyl groups excluding tert-OH is 1. The normalized spacial score (nSPS) is 58.9. The van der Waals surface area contributed by atoms with Crippen molar-refractivity contribution in [3.8, 4) is 0 Å². The standard InChI is InChI=1S/C30H48O2/c1-19-20(31)17-21(32)24-27(19,5)10-9-22-28(24,6)14-16-30(8)23-18-25(2,3)11-12-26(23,4)13-15-29(22,30)7/h9-10,19,21-24,32H,11-18H2,1-8H3/t19-,21-,22+,23-,24-,26-,27-,28-,29-,30+/m1/s1. The number of hydrogen-bond donors (Lipinski definition) is 1. The quantitative estimate of drug-likeness (QED) is 0.404. The first-order chi connectivity index (χ1) is 14.6. The average Bonchev–Trinajstić information content (AvgIpc) is 2.69. The van der Waals surface area contributed by atoms with Crippen LogP contribution in [0.15, 0.2) is 12.2 Å². The Hall–Kier alpha value is -0.630. The molecule has 0 aromatic rings. The van der Waals surface area contributed by atoms with Gasteiger partial charge in [-0.3, -0.25) is 4.79 Å². The number of fused-ring (bicyclic) bond motifs is 7. The Labute approximate surface area is 197 Å². The van der Waals surface area contributed by atoms with Crippen molar-refractivity contribution in [3.05, 3.63) is 12.2 Å². The zero-order valence-electron chi connectivity index (χ0n) is 22.1. The lowest BCUT2D eigenvalue weighted by Gasteiger charge is -2.73. The highest BCUT2D eigenvalue weighted by Gasteiger charge is 2.70. The summed E-state index contributed by atoms with van der Waals surface area (Å²) in [5.74, 6) is 1.68. The molecule has 0 aromatic carbocycles. The Kier molecular flexibility index (Phi) is 4.71. The molecule has 180 valence electrons. The Morgan fingerprint density at radius 3 is 2.19 bits per heavy atom. The zero-order chi connectivity index (χ0) is 23.5. The minimum absolute atomic E-state index is 0.000155. The summed E-state index contributed by atoms with van der Waals surface area (Å²) < 4.78 is 0. The lowest BCUT2D eigenvalue weighted by Crippen LogP contribution is -2.68. The fourth-order valence-corrected chi connectivity index (χ4v) is 10.6. The van der Waals surface area contributed by atoms with E-state index in [0.29, 0.717) is 28.6 Å². The van der Waals surface area contributed by atoms with Gasteiger partial charge in [-0.05, 0) is 83.9 Å². The first kappa shape index (κ1) is 23.1. The molecule has 4 saturated carbocycles. The van der Waals surface area contributed by atoms with E-state index in [-0.39, 0.29) is 33.9 Å². The summed E-state index contributed by atoms with van der Waals surface area (Å²) in [5.41, 5.74) is 1.35. The Bertz CT molecular complexity index is 857. The van der Waals surface area contributed by atoms with Gasteiger partial charge < -0.3 is 5.11 Å². The van der Waals surface area contributed by atoms with Gasteiger partial charge in [0.1, 0.15) is 5.78 Å². The van der Waals surface area contributed by atoms with Crippen molar-refractivity contribution in [1.82, 2.24) is 0 Å². The number of carbonyl (C=O) groups excluding carboxylic acids is 1. The molecule has 2 nitrogen and oxygen atoms in total. The zero-order valence-corrected chi connectivity index (χ0v) is 22.1. The largest absolute Gasteiger partial charge is 0.392 e. The molecule has 0 radical (unpaired) electrons. The summed E-state index contributed by atoms with van der Waals surface area (Å²) in [7, 11) is 0. The van der Waals surface area contributed by atoms with Crippen LogP contribution in [0.5, 0.6) is 0 Å². The van der Waals surface area contributed by atoms with Crippen LogP contribution in [-0.2, 0) is 4.79 Å². The van der Waals surface area contributed by atoms with Gasteiger partial charge in [0.2, 0.25) is 0 Å². The van der Waals surface area contributed by atoms with Gasteiger partial charge in [-0.2, -0.15) is 0 Å². The number of ketones is 1. The molecule has 0 unspecified atom stereocenters. The van der Waals surface area contributed by atoms with E-state index in [0.717, 1.165) is 5.92 Å². The van der Waals surface area contributed by atoms with Crippen molar-refractivity contribution in [3.63, 3.8) is 0 Å². The molecule has 1 N–H and O–H groups in total. The minimum atomic E-state index is -0.503. The minimum Gasteiger partial charge on any atom is -0.392 e. The summed E-state index contributed by atoms with van der Waals surface area (Å²) in [6.45, 7) is 19.7. The molecule has 5 rings (SSSR count). The molecule has 5 aliphatic rings. The molecule has 0 saturated heterocycles. The molecular formula is C30H48O2. The molecule has 0 heterocycles. The molecule has 0 bridgehead atoms. The smallest absolute Gasteiger partial charge is 0.139 e. The summed E-state index contributed by atoms with van der Waals surface area (Å²) in [5, 5.41) is 11.3. The maximum Gasteiger partial charge on any atom is 0.139 e. The second-order valence-corrected chi connectivity index (χ2v) is 15.1. The second kappa shape index (κ2) is 6.52. The van der Waals surface area contributed by atoms with E-state index in [2.05, 4.69) is 67.5 Å². The van der Waals surface area contributed by atoms with Crippen molar-refractivity contribution >= 4 is 5.78 Å². The predicted octanol–water partition coefficient (Wildman–Crippen LogP) is 7.20. The highest BCUT2D eigenvalue weighted by Crippen LogP contribution is 2.77. The fraction of sp³-hybridized carbons (Fsp3) is 0.900. The maximum absolute atomic E-state index is 12.7. The van der Waals surface area contributed by atoms with Gasteiger partial charge in [-0.15, -0.1) is 0 Å². The molecular weight excluding hydrogens is 392 g/mol. The van der Waals surface area contributed by atoms with E-state index in [1.54, 1.807) is 0 Å². The molecule has 0 amide bonds. The van der Waals surface area contributed by atoms with E-state index in [1.807, 2.05) is 0 Å². The lowest BCUT2D eigenvalue weighted by molar-refractivity contribution is -0.239. The Morgan fingerprint density at radius 2 is 1.50 bits per heavy atom. The fourth-order valence-electron chi connectivity index (χ4n) is 10.6. The van der Waals surface area contributed by atoms with E-state index in [4.69, 9.17) is 0 Å². The van der Waals surface area contributed by atoms with Crippen molar-refractivity contribution < 1.29 is 9.90 Å². The highest BCUT2D eigenvalue weighted by molar-refractivity contribution is 5.83. The van der Waals surface area contributed by atoms with Crippen LogP contribution in [0.3, 0.4) is 0 Å². The highest BCUT2D eigenvalue weighted by atomic mass is 16.3. The maximum atomic E-state index is 12.7. The topological polar surface area (TPSA) is 37.3 Å². The average molecular weight is 441 g/mol. The van der Waals surface area contributed by atoms with Crippen LogP contribution in [-0.4, -0.2) is 17.0 Å². The molecule has 32 heavy (non-hydrogen) atoms. The molecule has 10 atom stereocenters.